The van der Waals surface area contributed by atoms with E-state index in [9.17, 15) is 4.79 Å². The first kappa shape index (κ1) is 16.3. The maximum Gasteiger partial charge on any atom is 0.292 e. The monoisotopic (exact) mass is 312 g/mol. The molecule has 2 rings (SSSR count). The molecule has 0 aromatic carbocycles. The Morgan fingerprint density at radius 2 is 2.29 bits per heavy atom. The Labute approximate surface area is 129 Å². The molecule has 1 aliphatic heterocycles. The Hall–Kier alpha value is -1.08. The predicted molar refractivity (Wildman–Crippen MR) is 83.5 cm³/mol. The van der Waals surface area contributed by atoms with Crippen LogP contribution in [0.25, 0.3) is 0 Å². The lowest BCUT2D eigenvalue weighted by atomic mass is 10.2. The molecule has 6 nitrogen and oxygen atoms in total. The molecule has 1 aliphatic rings. The summed E-state index contributed by atoms with van der Waals surface area (Å²) in [5.74, 6) is 1.63. The van der Waals surface area contributed by atoms with E-state index in [4.69, 9.17) is 4.52 Å². The van der Waals surface area contributed by atoms with Crippen molar-refractivity contribution in [2.45, 2.75) is 44.6 Å². The molecule has 2 N–H and O–H groups in total. The third-order valence-electron chi connectivity index (χ3n) is 3.56. The van der Waals surface area contributed by atoms with E-state index in [2.05, 4.69) is 27.0 Å². The van der Waals surface area contributed by atoms with Crippen molar-refractivity contribution in [1.29, 1.82) is 0 Å². The van der Waals surface area contributed by atoms with Crippen LogP contribution in [0.1, 0.15) is 61.1 Å². The summed E-state index contributed by atoms with van der Waals surface area (Å²) < 4.78 is 5.15. The molecule has 0 saturated carbocycles. The number of carbonyl (C=O) groups excluding carboxylic acids is 1. The highest BCUT2D eigenvalue weighted by atomic mass is 32.2. The van der Waals surface area contributed by atoms with Crippen molar-refractivity contribution < 1.29 is 9.32 Å². The number of nitrogens with one attached hydrogen (secondary N) is 2. The number of hydrogen-bond donors (Lipinski definition) is 2. The molecule has 0 bridgehead atoms. The number of amides is 1. The largest absolute Gasteiger partial charge is 0.349 e. The molecular formula is C14H24N4O2S. The third kappa shape index (κ3) is 5.32. The van der Waals surface area contributed by atoms with Crippen molar-refractivity contribution in [1.82, 2.24) is 20.8 Å². The number of carbonyl (C=O) groups is 1. The summed E-state index contributed by atoms with van der Waals surface area (Å²) in [7, 11) is 0. The summed E-state index contributed by atoms with van der Waals surface area (Å²) >= 11 is 1.88. The average Bonchev–Trinajstić information content (AvgIpc) is 3.16. The van der Waals surface area contributed by atoms with Gasteiger partial charge in [0.1, 0.15) is 0 Å². The highest BCUT2D eigenvalue weighted by Crippen LogP contribution is 2.20. The number of thioether (sulfide) groups is 1. The van der Waals surface area contributed by atoms with Crippen LogP contribution in [-0.2, 0) is 0 Å². The van der Waals surface area contributed by atoms with Crippen LogP contribution < -0.4 is 10.6 Å². The molecule has 1 atom stereocenters. The molecule has 21 heavy (non-hydrogen) atoms. The van der Waals surface area contributed by atoms with Crippen molar-refractivity contribution in [3.8, 4) is 0 Å². The zero-order chi connectivity index (χ0) is 14.9. The highest BCUT2D eigenvalue weighted by Gasteiger charge is 2.24. The minimum atomic E-state index is -0.243. The first-order chi connectivity index (χ1) is 10.3. The van der Waals surface area contributed by atoms with E-state index in [0.717, 1.165) is 32.2 Å². The summed E-state index contributed by atoms with van der Waals surface area (Å²) in [5, 5.41) is 9.88. The highest BCUT2D eigenvalue weighted by molar-refractivity contribution is 7.98. The van der Waals surface area contributed by atoms with Gasteiger partial charge in [0.05, 0.1) is 6.04 Å². The maximum atomic E-state index is 11.9. The zero-order valence-electron chi connectivity index (χ0n) is 12.6. The lowest BCUT2D eigenvalue weighted by molar-refractivity contribution is 0.0939. The van der Waals surface area contributed by atoms with E-state index in [1.165, 1.54) is 18.6 Å². The quantitative estimate of drug-likeness (QED) is 0.680. The van der Waals surface area contributed by atoms with Gasteiger partial charge in [-0.05, 0) is 44.2 Å². The second-order valence-electron chi connectivity index (χ2n) is 5.27. The first-order valence-electron chi connectivity index (χ1n) is 7.65. The Morgan fingerprint density at radius 1 is 1.43 bits per heavy atom. The van der Waals surface area contributed by atoms with Crippen LogP contribution in [0.3, 0.4) is 0 Å². The van der Waals surface area contributed by atoms with Gasteiger partial charge < -0.3 is 15.2 Å². The molecule has 1 aromatic rings. The summed E-state index contributed by atoms with van der Waals surface area (Å²) in [6, 6.07) is 0.107. The second kappa shape index (κ2) is 9.04. The van der Waals surface area contributed by atoms with Gasteiger partial charge in [-0.2, -0.15) is 16.7 Å². The van der Waals surface area contributed by atoms with E-state index in [-0.39, 0.29) is 17.8 Å². The van der Waals surface area contributed by atoms with Crippen LogP contribution in [0.15, 0.2) is 4.52 Å². The van der Waals surface area contributed by atoms with Gasteiger partial charge in [0, 0.05) is 6.54 Å². The molecular weight excluding hydrogens is 288 g/mol. The fourth-order valence-corrected chi connectivity index (χ4v) is 2.86. The summed E-state index contributed by atoms with van der Waals surface area (Å²) in [6.07, 6.45) is 8.82. The standard InChI is InChI=1S/C14H24N4O2S/c1-21-10-5-3-2-4-8-16-13(19)12-17-14(20-18-12)11-7-6-9-15-11/h11,15H,2-10H2,1H3,(H,16,19). The third-order valence-corrected chi connectivity index (χ3v) is 4.26. The van der Waals surface area contributed by atoms with E-state index < -0.39 is 0 Å². The van der Waals surface area contributed by atoms with E-state index in [1.54, 1.807) is 0 Å². The molecule has 0 spiro atoms. The fraction of sp³-hybridized carbons (Fsp3) is 0.786. The number of hydrogen-bond acceptors (Lipinski definition) is 6. The van der Waals surface area contributed by atoms with E-state index in [0.29, 0.717) is 12.4 Å². The van der Waals surface area contributed by atoms with Crippen molar-refractivity contribution in [3.63, 3.8) is 0 Å². The predicted octanol–water partition coefficient (Wildman–Crippen LogP) is 2.15. The molecule has 0 radical (unpaired) electrons. The van der Waals surface area contributed by atoms with Gasteiger partial charge in [0.15, 0.2) is 0 Å². The SMILES string of the molecule is CSCCCCCCNC(=O)c1noc(C2CCCN2)n1. The topological polar surface area (TPSA) is 80.0 Å². The number of aromatic nitrogens is 2. The molecule has 0 aliphatic carbocycles. The Bertz CT molecular complexity index is 432. The van der Waals surface area contributed by atoms with Crippen molar-refractivity contribution in [3.05, 3.63) is 11.7 Å². The Balaban J connectivity index is 1.64. The molecule has 1 amide bonds. The van der Waals surface area contributed by atoms with Gasteiger partial charge in [-0.3, -0.25) is 4.79 Å². The first-order valence-corrected chi connectivity index (χ1v) is 9.05. The van der Waals surface area contributed by atoms with Crippen LogP contribution in [0.4, 0.5) is 0 Å². The van der Waals surface area contributed by atoms with Crippen LogP contribution in [0.5, 0.6) is 0 Å². The average molecular weight is 312 g/mol. The van der Waals surface area contributed by atoms with E-state index in [1.807, 2.05) is 11.8 Å². The van der Waals surface area contributed by atoms with Crippen LogP contribution in [0, 0.1) is 0 Å². The molecule has 7 heteroatoms. The van der Waals surface area contributed by atoms with Crippen LogP contribution in [0.2, 0.25) is 0 Å². The number of rotatable bonds is 9. The maximum absolute atomic E-state index is 11.9. The zero-order valence-corrected chi connectivity index (χ0v) is 13.4. The normalized spacial score (nSPS) is 18.0. The van der Waals surface area contributed by atoms with Crippen LogP contribution in [-0.4, -0.2) is 41.1 Å². The van der Waals surface area contributed by atoms with Gasteiger partial charge in [-0.25, -0.2) is 0 Å². The minimum Gasteiger partial charge on any atom is -0.349 e. The van der Waals surface area contributed by atoms with Crippen molar-refractivity contribution in [2.24, 2.45) is 0 Å². The van der Waals surface area contributed by atoms with Crippen molar-refractivity contribution in [2.75, 3.05) is 25.1 Å². The summed E-state index contributed by atoms with van der Waals surface area (Å²) in [5.41, 5.74) is 0. The van der Waals surface area contributed by atoms with Crippen molar-refractivity contribution >= 4 is 17.7 Å². The lowest BCUT2D eigenvalue weighted by Crippen LogP contribution is -2.25. The van der Waals surface area contributed by atoms with Gasteiger partial charge in [0.25, 0.3) is 11.7 Å². The smallest absolute Gasteiger partial charge is 0.292 e. The molecule has 118 valence electrons. The van der Waals surface area contributed by atoms with Gasteiger partial charge >= 0.3 is 0 Å². The second-order valence-corrected chi connectivity index (χ2v) is 6.25. The molecule has 1 unspecified atom stereocenters. The Morgan fingerprint density at radius 3 is 3.05 bits per heavy atom. The van der Waals surface area contributed by atoms with E-state index >= 15 is 0 Å². The number of nitrogens with zero attached hydrogens (tertiary/aromatic N) is 2. The summed E-state index contributed by atoms with van der Waals surface area (Å²) in [4.78, 5) is 16.1. The fourth-order valence-electron chi connectivity index (χ4n) is 2.37. The van der Waals surface area contributed by atoms with Gasteiger partial charge in [-0.1, -0.05) is 18.0 Å². The molecule has 1 aromatic heterocycles. The molecule has 1 fully saturated rings. The summed E-state index contributed by atoms with van der Waals surface area (Å²) in [6.45, 7) is 1.63. The lowest BCUT2D eigenvalue weighted by Gasteiger charge is -2.02. The molecule has 2 heterocycles. The Kier molecular flexibility index (Phi) is 7.02. The van der Waals surface area contributed by atoms with Crippen LogP contribution >= 0.6 is 11.8 Å². The number of unbranched alkanes of at least 4 members (excludes halogenated alkanes) is 3. The van der Waals surface area contributed by atoms with Gasteiger partial charge in [0.2, 0.25) is 5.89 Å². The molecule has 1 saturated heterocycles. The van der Waals surface area contributed by atoms with Gasteiger partial charge in [-0.15, -0.1) is 0 Å². The minimum absolute atomic E-state index is 0.107.